The molecule has 0 bridgehead atoms. The molecule has 0 saturated heterocycles. The normalized spacial score (nSPS) is 14.9. The molecule has 96 valence electrons. The van der Waals surface area contributed by atoms with Crippen LogP contribution in [-0.4, -0.2) is 16.3 Å². The highest BCUT2D eigenvalue weighted by Gasteiger charge is 2.19. The maximum Gasteiger partial charge on any atom is 0.291 e. The summed E-state index contributed by atoms with van der Waals surface area (Å²) in [7, 11) is 0. The maximum absolute atomic E-state index is 12.2. The molecule has 1 saturated carbocycles. The highest BCUT2D eigenvalue weighted by molar-refractivity contribution is 9.10. The van der Waals surface area contributed by atoms with Gasteiger partial charge in [0.15, 0.2) is 0 Å². The van der Waals surface area contributed by atoms with Crippen LogP contribution in [0.4, 0.5) is 5.69 Å². The fourth-order valence-corrected chi connectivity index (χ4v) is 2.34. The molecular weight excluding hydrogens is 294 g/mol. The lowest BCUT2D eigenvalue weighted by molar-refractivity contribution is 0.262. The summed E-state index contributed by atoms with van der Waals surface area (Å²) in [6.07, 6.45) is 11.1. The van der Waals surface area contributed by atoms with E-state index in [-0.39, 0.29) is 5.56 Å². The molecule has 4 nitrogen and oxygen atoms in total. The van der Waals surface area contributed by atoms with Gasteiger partial charge in [-0.1, -0.05) is 6.42 Å². The van der Waals surface area contributed by atoms with Gasteiger partial charge in [-0.15, -0.1) is 12.3 Å². The first-order valence-electron chi connectivity index (χ1n) is 6.15. The molecule has 1 aromatic heterocycles. The second-order valence-corrected chi connectivity index (χ2v) is 5.39. The summed E-state index contributed by atoms with van der Waals surface area (Å²) in [5.41, 5.74) is 0.480. The van der Waals surface area contributed by atoms with Crippen molar-refractivity contribution in [2.75, 3.05) is 11.9 Å². The number of rotatable bonds is 5. The summed E-state index contributed by atoms with van der Waals surface area (Å²) < 4.78 is 2.24. The second kappa shape index (κ2) is 6.05. The van der Waals surface area contributed by atoms with E-state index in [1.54, 1.807) is 10.9 Å². The van der Waals surface area contributed by atoms with Crippen LogP contribution < -0.4 is 10.9 Å². The summed E-state index contributed by atoms with van der Waals surface area (Å²) in [5.74, 6) is 3.15. The molecule has 1 heterocycles. The van der Waals surface area contributed by atoms with Gasteiger partial charge in [-0.05, 0) is 34.7 Å². The monoisotopic (exact) mass is 309 g/mol. The molecule has 2 rings (SSSR count). The molecule has 0 atom stereocenters. The van der Waals surface area contributed by atoms with Gasteiger partial charge in [0.1, 0.15) is 5.69 Å². The van der Waals surface area contributed by atoms with Crippen molar-refractivity contribution in [2.45, 2.75) is 32.2 Å². The Morgan fingerprint density at radius 3 is 3.00 bits per heavy atom. The van der Waals surface area contributed by atoms with Gasteiger partial charge in [0.2, 0.25) is 0 Å². The number of hydrogen-bond donors (Lipinski definition) is 1. The van der Waals surface area contributed by atoms with E-state index in [9.17, 15) is 4.79 Å². The van der Waals surface area contributed by atoms with Crippen molar-refractivity contribution < 1.29 is 0 Å². The van der Waals surface area contributed by atoms with Crippen molar-refractivity contribution in [3.8, 4) is 12.3 Å². The third kappa shape index (κ3) is 2.94. The minimum atomic E-state index is -0.0757. The zero-order valence-electron chi connectivity index (χ0n) is 10.2. The van der Waals surface area contributed by atoms with Gasteiger partial charge < -0.3 is 5.32 Å². The lowest BCUT2D eigenvalue weighted by Gasteiger charge is -2.25. The molecule has 1 aliphatic rings. The molecule has 1 N–H and O–H groups in total. The molecule has 0 amide bonds. The van der Waals surface area contributed by atoms with E-state index in [2.05, 4.69) is 32.3 Å². The Morgan fingerprint density at radius 1 is 1.61 bits per heavy atom. The van der Waals surface area contributed by atoms with Gasteiger partial charge in [0.05, 0.1) is 10.7 Å². The third-order valence-electron chi connectivity index (χ3n) is 3.22. The standard InChI is InChI=1S/C13H16BrN3O/c1-2-3-7-15-12-11(14)8-16-17(13(12)18)9-10-5-4-6-10/h1,8,10,15H,3-7,9H2. The van der Waals surface area contributed by atoms with Gasteiger partial charge in [-0.3, -0.25) is 4.79 Å². The predicted molar refractivity (Wildman–Crippen MR) is 75.5 cm³/mol. The van der Waals surface area contributed by atoms with Crippen molar-refractivity contribution in [3.63, 3.8) is 0 Å². The van der Waals surface area contributed by atoms with Crippen LogP contribution in [0.15, 0.2) is 15.5 Å². The zero-order chi connectivity index (χ0) is 13.0. The van der Waals surface area contributed by atoms with Crippen molar-refractivity contribution in [1.29, 1.82) is 0 Å². The van der Waals surface area contributed by atoms with E-state index in [4.69, 9.17) is 6.42 Å². The number of aromatic nitrogens is 2. The molecule has 0 radical (unpaired) electrons. The molecule has 0 spiro atoms. The number of nitrogens with one attached hydrogen (secondary N) is 1. The first-order chi connectivity index (χ1) is 8.72. The van der Waals surface area contributed by atoms with E-state index < -0.39 is 0 Å². The zero-order valence-corrected chi connectivity index (χ0v) is 11.7. The number of anilines is 1. The summed E-state index contributed by atoms with van der Waals surface area (Å²) in [6, 6.07) is 0. The van der Waals surface area contributed by atoms with Crippen molar-refractivity contribution in [3.05, 3.63) is 21.0 Å². The smallest absolute Gasteiger partial charge is 0.291 e. The van der Waals surface area contributed by atoms with Crippen LogP contribution in [-0.2, 0) is 6.54 Å². The molecule has 5 heteroatoms. The Bertz CT molecular complexity index is 514. The SMILES string of the molecule is C#CCCNc1c(Br)cnn(CC2CCC2)c1=O. The van der Waals surface area contributed by atoms with Crippen molar-refractivity contribution >= 4 is 21.6 Å². The van der Waals surface area contributed by atoms with Crippen LogP contribution in [0, 0.1) is 18.3 Å². The summed E-state index contributed by atoms with van der Waals surface area (Å²) in [5, 5.41) is 7.23. The molecule has 0 aromatic carbocycles. The van der Waals surface area contributed by atoms with Crippen LogP contribution >= 0.6 is 15.9 Å². The Hall–Kier alpha value is -1.28. The molecule has 0 aliphatic heterocycles. The quantitative estimate of drug-likeness (QED) is 0.670. The molecule has 1 aliphatic carbocycles. The fourth-order valence-electron chi connectivity index (χ4n) is 1.94. The van der Waals surface area contributed by atoms with Crippen LogP contribution in [0.5, 0.6) is 0 Å². The molecule has 18 heavy (non-hydrogen) atoms. The maximum atomic E-state index is 12.2. The number of hydrogen-bond acceptors (Lipinski definition) is 3. The van der Waals surface area contributed by atoms with Crippen molar-refractivity contribution in [2.24, 2.45) is 5.92 Å². The average Bonchev–Trinajstić information content (AvgIpc) is 2.30. The molecular formula is C13H16BrN3O. The van der Waals surface area contributed by atoms with E-state index in [1.807, 2.05) is 0 Å². The first kappa shape index (κ1) is 13.2. The van der Waals surface area contributed by atoms with E-state index in [0.29, 0.717) is 29.0 Å². The minimum Gasteiger partial charge on any atom is -0.379 e. The Balaban J connectivity index is 2.14. The van der Waals surface area contributed by atoms with E-state index in [1.165, 1.54) is 19.3 Å². The minimum absolute atomic E-state index is 0.0757. The van der Waals surface area contributed by atoms with Crippen LogP contribution in [0.25, 0.3) is 0 Å². The molecule has 0 unspecified atom stereocenters. The number of nitrogens with zero attached hydrogens (tertiary/aromatic N) is 2. The summed E-state index contributed by atoms with van der Waals surface area (Å²) in [6.45, 7) is 1.31. The highest BCUT2D eigenvalue weighted by atomic mass is 79.9. The topological polar surface area (TPSA) is 46.9 Å². The van der Waals surface area contributed by atoms with Gasteiger partial charge in [-0.2, -0.15) is 5.10 Å². The Labute approximate surface area is 115 Å². The lowest BCUT2D eigenvalue weighted by atomic mass is 9.85. The first-order valence-corrected chi connectivity index (χ1v) is 6.94. The summed E-state index contributed by atoms with van der Waals surface area (Å²) in [4.78, 5) is 12.2. The third-order valence-corrected chi connectivity index (χ3v) is 3.83. The van der Waals surface area contributed by atoms with Crippen molar-refractivity contribution in [1.82, 2.24) is 9.78 Å². The van der Waals surface area contributed by atoms with Gasteiger partial charge in [0.25, 0.3) is 5.56 Å². The predicted octanol–water partition coefficient (Wildman–Crippen LogP) is 2.24. The van der Waals surface area contributed by atoms with Crippen LogP contribution in [0.3, 0.4) is 0 Å². The number of terminal acetylenes is 1. The van der Waals surface area contributed by atoms with Gasteiger partial charge >= 0.3 is 0 Å². The second-order valence-electron chi connectivity index (χ2n) is 4.53. The Morgan fingerprint density at radius 2 is 2.39 bits per heavy atom. The highest BCUT2D eigenvalue weighted by Crippen LogP contribution is 2.27. The lowest BCUT2D eigenvalue weighted by Crippen LogP contribution is -2.31. The fraction of sp³-hybridized carbons (Fsp3) is 0.538. The van der Waals surface area contributed by atoms with Gasteiger partial charge in [0, 0.05) is 19.5 Å². The van der Waals surface area contributed by atoms with E-state index in [0.717, 1.165) is 6.54 Å². The molecule has 1 fully saturated rings. The largest absolute Gasteiger partial charge is 0.379 e. The van der Waals surface area contributed by atoms with Crippen LogP contribution in [0.2, 0.25) is 0 Å². The Kier molecular flexibility index (Phi) is 4.43. The molecule has 1 aromatic rings. The number of halogens is 1. The van der Waals surface area contributed by atoms with E-state index >= 15 is 0 Å². The van der Waals surface area contributed by atoms with Crippen LogP contribution in [0.1, 0.15) is 25.7 Å². The summed E-state index contributed by atoms with van der Waals surface area (Å²) >= 11 is 3.34. The van der Waals surface area contributed by atoms with Gasteiger partial charge in [-0.25, -0.2) is 4.68 Å². The average molecular weight is 310 g/mol.